The van der Waals surface area contributed by atoms with Crippen molar-refractivity contribution in [3.05, 3.63) is 73.6 Å². The number of aromatic nitrogens is 2. The summed E-state index contributed by atoms with van der Waals surface area (Å²) in [4.78, 5) is 15.8. The number of benzene rings is 1. The number of hydrogen-bond acceptors (Lipinski definition) is 6. The van der Waals surface area contributed by atoms with Crippen LogP contribution in [0.15, 0.2) is 50.9 Å². The molecule has 0 aliphatic rings. The molecule has 0 unspecified atom stereocenters. The minimum absolute atomic E-state index is 0.0227. The maximum Gasteiger partial charge on any atom is 0.248 e. The van der Waals surface area contributed by atoms with E-state index in [2.05, 4.69) is 10.2 Å². The molecule has 0 bridgehead atoms. The van der Waals surface area contributed by atoms with Gasteiger partial charge in [0.15, 0.2) is 0 Å². The first-order valence-electron chi connectivity index (χ1n) is 9.14. The fraction of sp³-hybridized carbons (Fsp3) is 0.190. The first kappa shape index (κ1) is 20.7. The summed E-state index contributed by atoms with van der Waals surface area (Å²) in [7, 11) is 0. The van der Waals surface area contributed by atoms with Crippen molar-refractivity contribution in [2.24, 2.45) is 0 Å². The van der Waals surface area contributed by atoms with Crippen molar-refractivity contribution in [1.29, 1.82) is 0 Å². The smallest absolute Gasteiger partial charge is 0.248 e. The fourth-order valence-corrected chi connectivity index (χ4v) is 4.59. The average molecular weight is 462 g/mol. The van der Waals surface area contributed by atoms with E-state index >= 15 is 0 Å². The summed E-state index contributed by atoms with van der Waals surface area (Å²) in [5, 5.41) is 13.9. The molecule has 0 saturated heterocycles. The van der Waals surface area contributed by atoms with Crippen LogP contribution in [0.1, 0.15) is 22.8 Å². The van der Waals surface area contributed by atoms with Crippen LogP contribution in [0, 0.1) is 12.7 Å². The molecule has 30 heavy (non-hydrogen) atoms. The van der Waals surface area contributed by atoms with E-state index in [4.69, 9.17) is 16.0 Å². The van der Waals surface area contributed by atoms with E-state index in [1.54, 1.807) is 33.6 Å². The third-order valence-electron chi connectivity index (χ3n) is 4.57. The Labute approximate surface area is 185 Å². The molecule has 154 valence electrons. The number of carbonyl (C=O) groups excluding carboxylic acids is 1. The van der Waals surface area contributed by atoms with E-state index in [0.29, 0.717) is 30.4 Å². The first-order valence-corrected chi connectivity index (χ1v) is 11.3. The van der Waals surface area contributed by atoms with E-state index in [1.165, 1.54) is 12.1 Å². The number of nitrogens with zero attached hydrogens (tertiary/aromatic N) is 3. The van der Waals surface area contributed by atoms with Gasteiger partial charge in [-0.15, -0.1) is 21.5 Å². The first-order chi connectivity index (χ1) is 14.5. The summed E-state index contributed by atoms with van der Waals surface area (Å²) < 4.78 is 19.3. The zero-order valence-electron chi connectivity index (χ0n) is 16.0. The van der Waals surface area contributed by atoms with E-state index in [-0.39, 0.29) is 17.4 Å². The maximum atomic E-state index is 13.6. The summed E-state index contributed by atoms with van der Waals surface area (Å²) in [6, 6.07) is 8.20. The van der Waals surface area contributed by atoms with Crippen LogP contribution < -0.4 is 4.90 Å². The largest absolute Gasteiger partial charge is 0.421 e. The van der Waals surface area contributed by atoms with Crippen molar-refractivity contribution in [2.45, 2.75) is 26.3 Å². The Kier molecular flexibility index (Phi) is 6.26. The fourth-order valence-electron chi connectivity index (χ4n) is 2.89. The molecule has 1 aromatic carbocycles. The number of hydrogen-bond donors (Lipinski definition) is 0. The molecular formula is C21H17ClFN3O2S2. The lowest BCUT2D eigenvalue weighted by Crippen LogP contribution is -2.30. The van der Waals surface area contributed by atoms with Crippen LogP contribution in [0.3, 0.4) is 0 Å². The molecule has 0 aliphatic heterocycles. The second-order valence-electron chi connectivity index (χ2n) is 6.62. The molecular weight excluding hydrogens is 445 g/mol. The summed E-state index contributed by atoms with van der Waals surface area (Å²) in [5.74, 6) is 0.178. The van der Waals surface area contributed by atoms with Gasteiger partial charge in [-0.05, 0) is 53.6 Å². The zero-order chi connectivity index (χ0) is 21.1. The highest BCUT2D eigenvalue weighted by Gasteiger charge is 2.20. The van der Waals surface area contributed by atoms with Gasteiger partial charge in [-0.2, -0.15) is 11.3 Å². The lowest BCUT2D eigenvalue weighted by atomic mass is 10.2. The third-order valence-corrected chi connectivity index (χ3v) is 6.55. The van der Waals surface area contributed by atoms with E-state index in [1.807, 2.05) is 35.2 Å². The molecule has 9 heteroatoms. The van der Waals surface area contributed by atoms with Gasteiger partial charge in [-0.1, -0.05) is 11.6 Å². The third kappa shape index (κ3) is 4.61. The van der Waals surface area contributed by atoms with Gasteiger partial charge in [0.2, 0.25) is 17.7 Å². The van der Waals surface area contributed by atoms with Crippen molar-refractivity contribution in [3.8, 4) is 11.5 Å². The van der Waals surface area contributed by atoms with Gasteiger partial charge in [-0.25, -0.2) is 4.39 Å². The quantitative estimate of drug-likeness (QED) is 0.332. The van der Waals surface area contributed by atoms with Gasteiger partial charge >= 0.3 is 0 Å². The maximum absolute atomic E-state index is 13.6. The molecule has 0 aliphatic carbocycles. The molecule has 0 spiro atoms. The molecule has 3 heterocycles. The number of rotatable bonds is 7. The minimum Gasteiger partial charge on any atom is -0.421 e. The lowest BCUT2D eigenvalue weighted by molar-refractivity contribution is -0.118. The van der Waals surface area contributed by atoms with Crippen LogP contribution in [0.25, 0.3) is 11.5 Å². The minimum atomic E-state index is -0.521. The van der Waals surface area contributed by atoms with Crippen LogP contribution in [-0.4, -0.2) is 16.1 Å². The molecule has 0 N–H and O–H groups in total. The van der Waals surface area contributed by atoms with Crippen LogP contribution in [0.4, 0.5) is 10.1 Å². The summed E-state index contributed by atoms with van der Waals surface area (Å²) in [6.07, 6.45) is 0.482. The SMILES string of the molecule is Cc1ccsc1CN(C(=O)CCc1nnc(-c2ccsc2)o1)c1ccc(F)c(Cl)c1. The normalized spacial score (nSPS) is 11.0. The predicted octanol–water partition coefficient (Wildman–Crippen LogP) is 6.13. The molecule has 4 rings (SSSR count). The molecule has 1 amide bonds. The highest BCUT2D eigenvalue weighted by Crippen LogP contribution is 2.27. The van der Waals surface area contributed by atoms with E-state index in [9.17, 15) is 9.18 Å². The Morgan fingerprint density at radius 2 is 2.10 bits per heavy atom. The van der Waals surface area contributed by atoms with Crippen LogP contribution >= 0.6 is 34.3 Å². The van der Waals surface area contributed by atoms with Crippen molar-refractivity contribution < 1.29 is 13.6 Å². The number of halogens is 2. The van der Waals surface area contributed by atoms with Crippen molar-refractivity contribution in [3.63, 3.8) is 0 Å². The van der Waals surface area contributed by atoms with Gasteiger partial charge in [0.25, 0.3) is 0 Å². The van der Waals surface area contributed by atoms with Crippen LogP contribution in [0.2, 0.25) is 5.02 Å². The Hall–Kier alpha value is -2.55. The van der Waals surface area contributed by atoms with Crippen molar-refractivity contribution in [1.82, 2.24) is 10.2 Å². The molecule has 5 nitrogen and oxygen atoms in total. The topological polar surface area (TPSA) is 59.2 Å². The van der Waals surface area contributed by atoms with Crippen molar-refractivity contribution >= 4 is 45.9 Å². The second-order valence-corrected chi connectivity index (χ2v) is 8.81. The monoisotopic (exact) mass is 461 g/mol. The number of aryl methyl sites for hydroxylation is 2. The Balaban J connectivity index is 1.51. The summed E-state index contributed by atoms with van der Waals surface area (Å²) in [5.41, 5.74) is 2.51. The van der Waals surface area contributed by atoms with Gasteiger partial charge in [0, 0.05) is 34.3 Å². The summed E-state index contributed by atoms with van der Waals surface area (Å²) >= 11 is 9.07. The highest BCUT2D eigenvalue weighted by atomic mass is 35.5. The molecule has 0 saturated carbocycles. The van der Waals surface area contributed by atoms with Gasteiger partial charge in [-0.3, -0.25) is 4.79 Å². The Morgan fingerprint density at radius 3 is 2.80 bits per heavy atom. The van der Waals surface area contributed by atoms with Gasteiger partial charge in [0.1, 0.15) is 5.82 Å². The second kappa shape index (κ2) is 9.07. The van der Waals surface area contributed by atoms with Crippen molar-refractivity contribution in [2.75, 3.05) is 4.90 Å². The number of amides is 1. The number of thiophene rings is 2. The molecule has 0 radical (unpaired) electrons. The summed E-state index contributed by atoms with van der Waals surface area (Å²) in [6.45, 7) is 2.38. The zero-order valence-corrected chi connectivity index (χ0v) is 18.4. The molecule has 0 atom stereocenters. The van der Waals surface area contributed by atoms with Crippen LogP contribution in [0.5, 0.6) is 0 Å². The average Bonchev–Trinajstić information content (AvgIpc) is 3.48. The molecule has 0 fully saturated rings. The van der Waals surface area contributed by atoms with Gasteiger partial charge in [0.05, 0.1) is 11.6 Å². The number of anilines is 1. The van der Waals surface area contributed by atoms with Crippen LogP contribution in [-0.2, 0) is 17.8 Å². The predicted molar refractivity (Wildman–Crippen MR) is 118 cm³/mol. The van der Waals surface area contributed by atoms with Gasteiger partial charge < -0.3 is 9.32 Å². The lowest BCUT2D eigenvalue weighted by Gasteiger charge is -2.23. The standard InChI is InChI=1S/C21H17ClFN3O2S2/c1-13-6-9-30-18(13)11-26(15-2-3-17(23)16(22)10-15)20(27)5-4-19-24-25-21(28-19)14-7-8-29-12-14/h2-3,6-10,12H,4-5,11H2,1H3. The molecule has 3 aromatic heterocycles. The number of carbonyl (C=O) groups is 1. The Morgan fingerprint density at radius 1 is 1.23 bits per heavy atom. The Bertz CT molecular complexity index is 1160. The van der Waals surface area contributed by atoms with E-state index in [0.717, 1.165) is 16.0 Å². The van der Waals surface area contributed by atoms with E-state index < -0.39 is 5.82 Å². The highest BCUT2D eigenvalue weighted by molar-refractivity contribution is 7.10. The molecule has 4 aromatic rings.